The molecule has 0 radical (unpaired) electrons. The van der Waals surface area contributed by atoms with Crippen LogP contribution in [0.15, 0.2) is 67.1 Å². The van der Waals surface area contributed by atoms with E-state index in [0.717, 1.165) is 85.9 Å². The number of nitrogens with zero attached hydrogens (tertiary/aromatic N) is 4. The van der Waals surface area contributed by atoms with Gasteiger partial charge in [0.1, 0.15) is 5.69 Å². The Morgan fingerprint density at radius 3 is 2.69 bits per heavy atom. The van der Waals surface area contributed by atoms with Gasteiger partial charge in [-0.25, -0.2) is 4.98 Å². The van der Waals surface area contributed by atoms with Crippen LogP contribution in [0, 0.1) is 5.13 Å². The number of benzene rings is 1. The predicted molar refractivity (Wildman–Crippen MR) is 142 cm³/mol. The summed E-state index contributed by atoms with van der Waals surface area (Å²) in [5.74, 6) is 0. The first-order valence-corrected chi connectivity index (χ1v) is 12.9. The minimum absolute atomic E-state index is 0.186. The summed E-state index contributed by atoms with van der Waals surface area (Å²) >= 11 is 1.15. The smallest absolute Gasteiger partial charge is 0.176 e. The van der Waals surface area contributed by atoms with Crippen molar-refractivity contribution in [2.24, 2.45) is 0 Å². The van der Waals surface area contributed by atoms with Gasteiger partial charge in [0, 0.05) is 63.0 Å². The van der Waals surface area contributed by atoms with Gasteiger partial charge in [0.2, 0.25) is 0 Å². The summed E-state index contributed by atoms with van der Waals surface area (Å²) in [5, 5.41) is 9.44. The first kappa shape index (κ1) is 21.4. The van der Waals surface area contributed by atoms with E-state index in [4.69, 9.17) is 0 Å². The zero-order valence-corrected chi connectivity index (χ0v) is 20.3. The van der Waals surface area contributed by atoms with Gasteiger partial charge < -0.3 is 4.98 Å². The van der Waals surface area contributed by atoms with Gasteiger partial charge >= 0.3 is 0 Å². The van der Waals surface area contributed by atoms with Crippen LogP contribution >= 0.6 is 11.3 Å². The van der Waals surface area contributed by atoms with Crippen molar-refractivity contribution in [2.45, 2.75) is 19.4 Å². The summed E-state index contributed by atoms with van der Waals surface area (Å²) in [4.78, 5) is 16.0. The number of halogens is 1. The number of thiophene rings is 1. The molecule has 36 heavy (non-hydrogen) atoms. The molecule has 0 atom stereocenters. The van der Waals surface area contributed by atoms with Crippen molar-refractivity contribution in [1.82, 2.24) is 30.0 Å². The number of aromatic amines is 2. The number of nitrogens with one attached hydrogen (secondary N) is 2. The Morgan fingerprint density at radius 1 is 0.944 bits per heavy atom. The molecule has 0 unspecified atom stereocenters. The number of hydrogen-bond acceptors (Lipinski definition) is 5. The molecular formula is C28H23FN6S. The number of fused-ring (bicyclic) bond motifs is 2. The summed E-state index contributed by atoms with van der Waals surface area (Å²) in [6.45, 7) is 3.24. The molecule has 1 fully saturated rings. The lowest BCUT2D eigenvalue weighted by atomic mass is 10.1. The second-order valence-corrected chi connectivity index (χ2v) is 10.3. The summed E-state index contributed by atoms with van der Waals surface area (Å²) in [5.41, 5.74) is 7.68. The maximum absolute atomic E-state index is 13.7. The van der Waals surface area contributed by atoms with Gasteiger partial charge in [-0.1, -0.05) is 12.1 Å². The lowest BCUT2D eigenvalue weighted by Crippen LogP contribution is -2.18. The van der Waals surface area contributed by atoms with Crippen LogP contribution in [0.3, 0.4) is 0 Å². The molecule has 1 saturated heterocycles. The van der Waals surface area contributed by atoms with Crippen molar-refractivity contribution in [2.75, 3.05) is 13.1 Å². The first-order valence-electron chi connectivity index (χ1n) is 12.1. The molecule has 6 aromatic rings. The Hall–Kier alpha value is -3.88. The minimum atomic E-state index is -0.186. The van der Waals surface area contributed by atoms with E-state index in [9.17, 15) is 4.39 Å². The number of pyridine rings is 2. The standard InChI is InChI=1S/C28H23FN6S/c29-26-7-6-25(36-26)20-4-3-5-23-21(20)12-24(32-23)27-22-11-19(15-31-28(22)34-33-27)18-10-17(13-30-14-18)16-35-8-1-2-9-35/h3-7,10-15,32H,1-2,8-9,16H2,(H,31,33,34). The van der Waals surface area contributed by atoms with Crippen LogP contribution in [0.25, 0.3) is 54.9 Å². The third-order valence-corrected chi connectivity index (χ3v) is 7.81. The van der Waals surface area contributed by atoms with Gasteiger partial charge in [-0.2, -0.15) is 9.49 Å². The SMILES string of the molecule is Fc1ccc(-c2cccc3[nH]c(-c4n[nH]c5ncc(-c6cncc(CN7CCCC7)c6)cc45)cc23)s1. The molecule has 6 heterocycles. The highest BCUT2D eigenvalue weighted by atomic mass is 32.1. The highest BCUT2D eigenvalue weighted by Gasteiger charge is 2.16. The largest absolute Gasteiger partial charge is 0.353 e. The topological polar surface area (TPSA) is 73.5 Å². The summed E-state index contributed by atoms with van der Waals surface area (Å²) < 4.78 is 13.7. The molecular weight excluding hydrogens is 471 g/mol. The minimum Gasteiger partial charge on any atom is -0.353 e. The van der Waals surface area contributed by atoms with Gasteiger partial charge in [-0.05, 0) is 67.9 Å². The van der Waals surface area contributed by atoms with Crippen LogP contribution < -0.4 is 0 Å². The van der Waals surface area contributed by atoms with Crippen LogP contribution in [0.1, 0.15) is 18.4 Å². The lowest BCUT2D eigenvalue weighted by Gasteiger charge is -2.14. The Morgan fingerprint density at radius 2 is 1.83 bits per heavy atom. The highest BCUT2D eigenvalue weighted by Crippen LogP contribution is 2.37. The van der Waals surface area contributed by atoms with E-state index in [1.165, 1.54) is 24.5 Å². The van der Waals surface area contributed by atoms with E-state index >= 15 is 0 Å². The first-order chi connectivity index (χ1) is 17.7. The van der Waals surface area contributed by atoms with Gasteiger partial charge in [0.15, 0.2) is 10.8 Å². The van der Waals surface area contributed by atoms with Crippen LogP contribution in [0.4, 0.5) is 4.39 Å². The molecule has 178 valence electrons. The molecule has 6 nitrogen and oxygen atoms in total. The summed E-state index contributed by atoms with van der Waals surface area (Å²) in [6.07, 6.45) is 8.27. The number of H-pyrrole nitrogens is 2. The van der Waals surface area contributed by atoms with E-state index in [0.29, 0.717) is 0 Å². The molecule has 0 saturated carbocycles. The third kappa shape index (κ3) is 3.79. The molecule has 2 N–H and O–H groups in total. The third-order valence-electron chi connectivity index (χ3n) is 6.91. The molecule has 0 aliphatic carbocycles. The molecule has 1 aliphatic rings. The number of likely N-dealkylation sites (tertiary alicyclic amines) is 1. The molecule has 0 bridgehead atoms. The Labute approximate surface area is 210 Å². The summed E-state index contributed by atoms with van der Waals surface area (Å²) in [6, 6.07) is 15.8. The Kier molecular flexibility index (Phi) is 5.15. The quantitative estimate of drug-likeness (QED) is 0.282. The van der Waals surface area contributed by atoms with Gasteiger partial charge in [0.05, 0.1) is 5.69 Å². The van der Waals surface area contributed by atoms with Crippen LogP contribution in [-0.4, -0.2) is 43.1 Å². The zero-order valence-electron chi connectivity index (χ0n) is 19.5. The van der Waals surface area contributed by atoms with Gasteiger partial charge in [-0.3, -0.25) is 15.0 Å². The van der Waals surface area contributed by atoms with E-state index in [1.54, 1.807) is 0 Å². The maximum Gasteiger partial charge on any atom is 0.176 e. The zero-order chi connectivity index (χ0) is 24.1. The van der Waals surface area contributed by atoms with E-state index < -0.39 is 0 Å². The van der Waals surface area contributed by atoms with E-state index in [-0.39, 0.29) is 5.13 Å². The van der Waals surface area contributed by atoms with Crippen molar-refractivity contribution in [3.63, 3.8) is 0 Å². The average Bonchev–Trinajstić information content (AvgIpc) is 3.70. The fourth-order valence-electron chi connectivity index (χ4n) is 5.15. The monoisotopic (exact) mass is 494 g/mol. The second kappa shape index (κ2) is 8.65. The molecule has 0 spiro atoms. The van der Waals surface area contributed by atoms with Gasteiger partial charge in [0.25, 0.3) is 0 Å². The van der Waals surface area contributed by atoms with Crippen LogP contribution in [-0.2, 0) is 6.54 Å². The molecule has 8 heteroatoms. The van der Waals surface area contributed by atoms with Crippen molar-refractivity contribution < 1.29 is 4.39 Å². The Balaban J connectivity index is 1.28. The fraction of sp³-hybridized carbons (Fsp3) is 0.179. The van der Waals surface area contributed by atoms with E-state index in [1.807, 2.05) is 42.9 Å². The predicted octanol–water partition coefficient (Wildman–Crippen LogP) is 6.63. The van der Waals surface area contributed by atoms with Crippen molar-refractivity contribution in [3.8, 4) is 33.0 Å². The van der Waals surface area contributed by atoms with E-state index in [2.05, 4.69) is 48.2 Å². The van der Waals surface area contributed by atoms with Crippen molar-refractivity contribution >= 4 is 33.3 Å². The summed E-state index contributed by atoms with van der Waals surface area (Å²) in [7, 11) is 0. The van der Waals surface area contributed by atoms with Crippen molar-refractivity contribution in [3.05, 3.63) is 77.8 Å². The van der Waals surface area contributed by atoms with Crippen LogP contribution in [0.2, 0.25) is 0 Å². The van der Waals surface area contributed by atoms with Crippen molar-refractivity contribution in [1.29, 1.82) is 0 Å². The molecule has 5 aromatic heterocycles. The highest BCUT2D eigenvalue weighted by molar-refractivity contribution is 7.14. The maximum atomic E-state index is 13.7. The van der Waals surface area contributed by atoms with Crippen LogP contribution in [0.5, 0.6) is 0 Å². The number of aromatic nitrogens is 5. The molecule has 1 aliphatic heterocycles. The number of rotatable bonds is 5. The van der Waals surface area contributed by atoms with Gasteiger partial charge in [-0.15, -0.1) is 11.3 Å². The Bertz CT molecular complexity index is 1710. The normalized spacial score (nSPS) is 14.4. The molecule has 7 rings (SSSR count). The number of hydrogen-bond donors (Lipinski definition) is 2. The fourth-order valence-corrected chi connectivity index (χ4v) is 5.92. The molecule has 0 amide bonds. The molecule has 1 aromatic carbocycles. The average molecular weight is 495 g/mol. The second-order valence-electron chi connectivity index (χ2n) is 9.31. The lowest BCUT2D eigenvalue weighted by molar-refractivity contribution is 0.331.